The van der Waals surface area contributed by atoms with E-state index in [9.17, 15) is 4.79 Å². The molecule has 0 radical (unpaired) electrons. The van der Waals surface area contributed by atoms with Gasteiger partial charge in [-0.05, 0) is 6.26 Å². The molecule has 0 fully saturated rings. The molecule has 0 aliphatic rings. The third kappa shape index (κ3) is 7.68. The summed E-state index contributed by atoms with van der Waals surface area (Å²) in [5.41, 5.74) is 0. The monoisotopic (exact) mass is 177 g/mol. The molecule has 0 aliphatic carbocycles. The van der Waals surface area contributed by atoms with E-state index in [4.69, 9.17) is 4.74 Å². The van der Waals surface area contributed by atoms with Gasteiger partial charge in [-0.25, -0.2) is 0 Å². The van der Waals surface area contributed by atoms with Crippen LogP contribution in [0, 0.1) is 0 Å². The fourth-order valence-corrected chi connectivity index (χ4v) is 0.965. The van der Waals surface area contributed by atoms with Gasteiger partial charge in [0.2, 0.25) is 5.91 Å². The molecule has 11 heavy (non-hydrogen) atoms. The summed E-state index contributed by atoms with van der Waals surface area (Å²) in [6, 6.07) is 0. The Hall–Kier alpha value is -0.220. The lowest BCUT2D eigenvalue weighted by molar-refractivity contribution is -0.120. The van der Waals surface area contributed by atoms with Crippen LogP contribution in [0.3, 0.4) is 0 Å². The predicted octanol–water partition coefficient (Wildman–Crippen LogP) is 0.502. The maximum absolute atomic E-state index is 10.9. The van der Waals surface area contributed by atoms with Gasteiger partial charge < -0.3 is 10.1 Å². The summed E-state index contributed by atoms with van der Waals surface area (Å²) < 4.78 is 4.78. The van der Waals surface area contributed by atoms with Crippen molar-refractivity contribution in [2.24, 2.45) is 0 Å². The van der Waals surface area contributed by atoms with Crippen molar-refractivity contribution < 1.29 is 9.53 Å². The molecule has 66 valence electrons. The SMILES string of the molecule is COCCNC(=O)CCSC. The van der Waals surface area contributed by atoms with Crippen molar-refractivity contribution in [1.29, 1.82) is 0 Å². The van der Waals surface area contributed by atoms with Gasteiger partial charge in [-0.3, -0.25) is 4.79 Å². The average Bonchev–Trinajstić information content (AvgIpc) is 2.01. The third-order valence-electron chi connectivity index (χ3n) is 1.16. The van der Waals surface area contributed by atoms with Crippen LogP contribution in [0.1, 0.15) is 6.42 Å². The standard InChI is InChI=1S/C7H15NO2S/c1-10-5-4-8-7(9)3-6-11-2/h3-6H2,1-2H3,(H,8,9). The molecule has 0 aromatic rings. The molecule has 0 saturated carbocycles. The van der Waals surface area contributed by atoms with Crippen LogP contribution in [0.15, 0.2) is 0 Å². The minimum absolute atomic E-state index is 0.108. The number of carbonyl (C=O) groups excluding carboxylic acids is 1. The molecule has 0 atom stereocenters. The zero-order chi connectivity index (χ0) is 8.53. The molecule has 0 bridgehead atoms. The van der Waals surface area contributed by atoms with E-state index in [1.165, 1.54) is 0 Å². The molecule has 0 unspecified atom stereocenters. The number of rotatable bonds is 6. The Morgan fingerprint density at radius 3 is 2.91 bits per heavy atom. The van der Waals surface area contributed by atoms with Crippen LogP contribution in [0.5, 0.6) is 0 Å². The second-order valence-corrected chi connectivity index (χ2v) is 3.07. The Bertz CT molecular complexity index is 109. The lowest BCUT2D eigenvalue weighted by Crippen LogP contribution is -2.27. The van der Waals surface area contributed by atoms with E-state index < -0.39 is 0 Å². The van der Waals surface area contributed by atoms with Crippen molar-refractivity contribution in [1.82, 2.24) is 5.32 Å². The first-order valence-corrected chi connectivity index (χ1v) is 4.95. The van der Waals surface area contributed by atoms with Gasteiger partial charge in [0.15, 0.2) is 0 Å². The predicted molar refractivity (Wildman–Crippen MR) is 47.9 cm³/mol. The maximum atomic E-state index is 10.9. The summed E-state index contributed by atoms with van der Waals surface area (Å²) in [5, 5.41) is 2.74. The summed E-state index contributed by atoms with van der Waals surface area (Å²) in [6.07, 6.45) is 2.59. The van der Waals surface area contributed by atoms with E-state index in [2.05, 4.69) is 5.32 Å². The van der Waals surface area contributed by atoms with Crippen molar-refractivity contribution in [3.63, 3.8) is 0 Å². The number of hydrogen-bond acceptors (Lipinski definition) is 3. The molecule has 0 spiro atoms. The first-order valence-electron chi connectivity index (χ1n) is 3.56. The van der Waals surface area contributed by atoms with Crippen LogP contribution in [0.2, 0.25) is 0 Å². The number of nitrogens with one attached hydrogen (secondary N) is 1. The molecule has 0 aromatic carbocycles. The molecule has 4 heteroatoms. The quantitative estimate of drug-likeness (QED) is 0.600. The van der Waals surface area contributed by atoms with E-state index in [-0.39, 0.29) is 5.91 Å². The Balaban J connectivity index is 3.09. The van der Waals surface area contributed by atoms with Gasteiger partial charge in [0.25, 0.3) is 0 Å². The Morgan fingerprint density at radius 2 is 2.36 bits per heavy atom. The summed E-state index contributed by atoms with van der Waals surface area (Å²) in [7, 11) is 1.62. The molecule has 0 heterocycles. The maximum Gasteiger partial charge on any atom is 0.220 e. The molecule has 3 nitrogen and oxygen atoms in total. The van der Waals surface area contributed by atoms with Gasteiger partial charge in [0.05, 0.1) is 6.61 Å². The molecule has 0 aromatic heterocycles. The number of carbonyl (C=O) groups is 1. The van der Waals surface area contributed by atoms with Crippen molar-refractivity contribution in [3.8, 4) is 0 Å². The highest BCUT2D eigenvalue weighted by Gasteiger charge is 1.97. The second-order valence-electron chi connectivity index (χ2n) is 2.09. The number of amides is 1. The van der Waals surface area contributed by atoms with E-state index in [0.29, 0.717) is 19.6 Å². The Morgan fingerprint density at radius 1 is 1.64 bits per heavy atom. The van der Waals surface area contributed by atoms with Gasteiger partial charge in [-0.2, -0.15) is 11.8 Å². The third-order valence-corrected chi connectivity index (χ3v) is 1.77. The number of methoxy groups -OCH3 is 1. The van der Waals surface area contributed by atoms with E-state index in [1.807, 2.05) is 6.26 Å². The van der Waals surface area contributed by atoms with Gasteiger partial charge in [-0.1, -0.05) is 0 Å². The van der Waals surface area contributed by atoms with Crippen LogP contribution in [-0.2, 0) is 9.53 Å². The smallest absolute Gasteiger partial charge is 0.220 e. The summed E-state index contributed by atoms with van der Waals surface area (Å²) in [6.45, 7) is 1.20. The van der Waals surface area contributed by atoms with Gasteiger partial charge >= 0.3 is 0 Å². The number of thioether (sulfide) groups is 1. The minimum Gasteiger partial charge on any atom is -0.383 e. The highest BCUT2D eigenvalue weighted by molar-refractivity contribution is 7.98. The van der Waals surface area contributed by atoms with Crippen LogP contribution in [-0.4, -0.2) is 38.2 Å². The fourth-order valence-electron chi connectivity index (χ4n) is 0.576. The van der Waals surface area contributed by atoms with E-state index >= 15 is 0 Å². The molecule has 1 amide bonds. The molecule has 0 aliphatic heterocycles. The van der Waals surface area contributed by atoms with E-state index in [0.717, 1.165) is 5.75 Å². The molecular formula is C7H15NO2S. The topological polar surface area (TPSA) is 38.3 Å². The summed E-state index contributed by atoms with van der Waals surface area (Å²) in [4.78, 5) is 10.9. The minimum atomic E-state index is 0.108. The highest BCUT2D eigenvalue weighted by atomic mass is 32.2. The van der Waals surface area contributed by atoms with Crippen molar-refractivity contribution in [2.45, 2.75) is 6.42 Å². The van der Waals surface area contributed by atoms with Gasteiger partial charge in [0, 0.05) is 25.8 Å². The number of ether oxygens (including phenoxy) is 1. The molecule has 0 rings (SSSR count). The lowest BCUT2D eigenvalue weighted by Gasteiger charge is -2.02. The summed E-state index contributed by atoms with van der Waals surface area (Å²) in [5.74, 6) is 0.995. The average molecular weight is 177 g/mol. The first-order chi connectivity index (χ1) is 5.31. The summed E-state index contributed by atoms with van der Waals surface area (Å²) >= 11 is 1.68. The molecule has 1 N–H and O–H groups in total. The first kappa shape index (κ1) is 10.8. The van der Waals surface area contributed by atoms with Crippen molar-refractivity contribution in [2.75, 3.05) is 32.3 Å². The van der Waals surface area contributed by atoms with E-state index in [1.54, 1.807) is 18.9 Å². The largest absolute Gasteiger partial charge is 0.383 e. The van der Waals surface area contributed by atoms with Crippen LogP contribution >= 0.6 is 11.8 Å². The van der Waals surface area contributed by atoms with Crippen LogP contribution in [0.25, 0.3) is 0 Å². The Labute approximate surface area is 71.9 Å². The zero-order valence-electron chi connectivity index (χ0n) is 7.05. The van der Waals surface area contributed by atoms with Gasteiger partial charge in [-0.15, -0.1) is 0 Å². The fraction of sp³-hybridized carbons (Fsp3) is 0.857. The second kappa shape index (κ2) is 7.88. The molecule has 0 saturated heterocycles. The van der Waals surface area contributed by atoms with Crippen molar-refractivity contribution >= 4 is 17.7 Å². The normalized spacial score (nSPS) is 9.64. The Kier molecular flexibility index (Phi) is 7.72. The molecular weight excluding hydrogens is 162 g/mol. The highest BCUT2D eigenvalue weighted by Crippen LogP contribution is 1.94. The zero-order valence-corrected chi connectivity index (χ0v) is 7.87. The van der Waals surface area contributed by atoms with Crippen LogP contribution in [0.4, 0.5) is 0 Å². The number of hydrogen-bond donors (Lipinski definition) is 1. The lowest BCUT2D eigenvalue weighted by atomic mass is 10.4. The van der Waals surface area contributed by atoms with Crippen molar-refractivity contribution in [3.05, 3.63) is 0 Å². The van der Waals surface area contributed by atoms with Gasteiger partial charge in [0.1, 0.15) is 0 Å². The van der Waals surface area contributed by atoms with Crippen LogP contribution < -0.4 is 5.32 Å².